The molecule has 1 N–H and O–H groups in total. The molecule has 1 fully saturated rings. The summed E-state index contributed by atoms with van der Waals surface area (Å²) in [5, 5.41) is 3.24. The quantitative estimate of drug-likeness (QED) is 0.831. The molecule has 94 valence electrons. The maximum Gasteiger partial charge on any atom is 0.253 e. The molecule has 2 rings (SSSR count). The Morgan fingerprint density at radius 2 is 1.88 bits per heavy atom. The van der Waals surface area contributed by atoms with Crippen LogP contribution in [0.5, 0.6) is 0 Å². The summed E-state index contributed by atoms with van der Waals surface area (Å²) in [5.74, 6) is -0.321. The van der Waals surface area contributed by atoms with Crippen LogP contribution in [0.15, 0.2) is 24.3 Å². The molecular weight excluding hydrogens is 243 g/mol. The Hall–Kier alpha value is -1.13. The second-order valence-electron chi connectivity index (χ2n) is 3.90. The van der Waals surface area contributed by atoms with Crippen LogP contribution in [0, 0.1) is 5.82 Å². The molecule has 3 nitrogen and oxygen atoms in total. The summed E-state index contributed by atoms with van der Waals surface area (Å²) in [7, 11) is 0. The van der Waals surface area contributed by atoms with E-state index in [0.29, 0.717) is 5.56 Å². The maximum atomic E-state index is 12.7. The number of carbonyl (C=O) groups excluding carboxylic acids is 1. The molecule has 0 bridgehead atoms. The third-order valence-corrected chi connectivity index (χ3v) is 2.72. The first-order valence-corrected chi connectivity index (χ1v) is 5.53. The Kier molecular flexibility index (Phi) is 5.38. The van der Waals surface area contributed by atoms with Crippen molar-refractivity contribution in [2.45, 2.75) is 6.42 Å². The molecule has 0 spiro atoms. The summed E-state index contributed by atoms with van der Waals surface area (Å²) in [6, 6.07) is 5.72. The lowest BCUT2D eigenvalue weighted by molar-refractivity contribution is 0.0766. The molecule has 0 radical (unpaired) electrons. The van der Waals surface area contributed by atoms with Crippen molar-refractivity contribution in [1.82, 2.24) is 10.2 Å². The number of rotatable bonds is 1. The largest absolute Gasteiger partial charge is 0.337 e. The molecule has 1 amide bonds. The summed E-state index contributed by atoms with van der Waals surface area (Å²) in [5.41, 5.74) is 0.559. The van der Waals surface area contributed by atoms with Crippen molar-refractivity contribution in [3.8, 4) is 0 Å². The molecule has 1 saturated heterocycles. The minimum absolute atomic E-state index is 0. The second-order valence-corrected chi connectivity index (χ2v) is 3.90. The molecule has 0 aromatic heterocycles. The molecule has 5 heteroatoms. The van der Waals surface area contributed by atoms with Crippen LogP contribution in [0.4, 0.5) is 4.39 Å². The fourth-order valence-electron chi connectivity index (χ4n) is 1.82. The molecule has 1 heterocycles. The summed E-state index contributed by atoms with van der Waals surface area (Å²) < 4.78 is 12.7. The first kappa shape index (κ1) is 13.9. The zero-order chi connectivity index (χ0) is 11.4. The van der Waals surface area contributed by atoms with E-state index in [2.05, 4.69) is 5.32 Å². The van der Waals surface area contributed by atoms with Gasteiger partial charge in [-0.05, 0) is 37.2 Å². The van der Waals surface area contributed by atoms with Gasteiger partial charge in [0.15, 0.2) is 0 Å². The lowest BCUT2D eigenvalue weighted by atomic mass is 10.2. The van der Waals surface area contributed by atoms with Crippen molar-refractivity contribution in [1.29, 1.82) is 0 Å². The Bertz CT molecular complexity index is 361. The van der Waals surface area contributed by atoms with Crippen LogP contribution in [0.1, 0.15) is 16.8 Å². The molecule has 0 saturated carbocycles. The number of nitrogens with zero attached hydrogens (tertiary/aromatic N) is 1. The SMILES string of the molecule is Cl.O=C(c1ccc(F)cc1)N1CCCNCC1. The van der Waals surface area contributed by atoms with Gasteiger partial charge in [-0.3, -0.25) is 4.79 Å². The average Bonchev–Trinajstić information content (AvgIpc) is 2.57. The van der Waals surface area contributed by atoms with Crippen LogP contribution >= 0.6 is 12.4 Å². The van der Waals surface area contributed by atoms with Crippen LogP contribution in [0.25, 0.3) is 0 Å². The van der Waals surface area contributed by atoms with Gasteiger partial charge in [0.1, 0.15) is 5.82 Å². The smallest absolute Gasteiger partial charge is 0.253 e. The minimum Gasteiger partial charge on any atom is -0.337 e. The van der Waals surface area contributed by atoms with E-state index < -0.39 is 0 Å². The minimum atomic E-state index is -0.311. The van der Waals surface area contributed by atoms with Gasteiger partial charge in [0, 0.05) is 25.2 Å². The van der Waals surface area contributed by atoms with Crippen molar-refractivity contribution >= 4 is 18.3 Å². The van der Waals surface area contributed by atoms with Gasteiger partial charge in [-0.15, -0.1) is 12.4 Å². The summed E-state index contributed by atoms with van der Waals surface area (Å²) in [6.45, 7) is 3.26. The van der Waals surface area contributed by atoms with E-state index in [9.17, 15) is 9.18 Å². The van der Waals surface area contributed by atoms with Crippen molar-refractivity contribution in [2.24, 2.45) is 0 Å². The highest BCUT2D eigenvalue weighted by Crippen LogP contribution is 2.08. The molecule has 0 aliphatic carbocycles. The van der Waals surface area contributed by atoms with Gasteiger partial charge in [-0.25, -0.2) is 4.39 Å². The number of halogens is 2. The normalized spacial score (nSPS) is 15.9. The van der Waals surface area contributed by atoms with Gasteiger partial charge in [0.2, 0.25) is 0 Å². The van der Waals surface area contributed by atoms with E-state index in [4.69, 9.17) is 0 Å². The van der Waals surface area contributed by atoms with Crippen molar-refractivity contribution in [2.75, 3.05) is 26.2 Å². The van der Waals surface area contributed by atoms with E-state index in [1.165, 1.54) is 24.3 Å². The van der Waals surface area contributed by atoms with Gasteiger partial charge in [0.25, 0.3) is 5.91 Å². The van der Waals surface area contributed by atoms with E-state index in [0.717, 1.165) is 32.6 Å². The van der Waals surface area contributed by atoms with Gasteiger partial charge in [0.05, 0.1) is 0 Å². The van der Waals surface area contributed by atoms with E-state index >= 15 is 0 Å². The summed E-state index contributed by atoms with van der Waals surface area (Å²) in [4.78, 5) is 13.9. The van der Waals surface area contributed by atoms with E-state index in [-0.39, 0.29) is 24.1 Å². The van der Waals surface area contributed by atoms with Crippen LogP contribution in [0.2, 0.25) is 0 Å². The molecule has 1 aromatic rings. The molecule has 1 aliphatic heterocycles. The number of hydrogen-bond acceptors (Lipinski definition) is 2. The second kappa shape index (κ2) is 6.57. The van der Waals surface area contributed by atoms with Crippen LogP contribution in [-0.4, -0.2) is 37.0 Å². The van der Waals surface area contributed by atoms with Gasteiger partial charge < -0.3 is 10.2 Å². The van der Waals surface area contributed by atoms with Crippen LogP contribution in [0.3, 0.4) is 0 Å². The van der Waals surface area contributed by atoms with Gasteiger partial charge in [-0.1, -0.05) is 0 Å². The average molecular weight is 259 g/mol. The number of nitrogens with one attached hydrogen (secondary N) is 1. The molecule has 0 atom stereocenters. The number of carbonyl (C=O) groups is 1. The fourth-order valence-corrected chi connectivity index (χ4v) is 1.82. The Morgan fingerprint density at radius 1 is 1.18 bits per heavy atom. The van der Waals surface area contributed by atoms with Crippen LogP contribution in [-0.2, 0) is 0 Å². The van der Waals surface area contributed by atoms with Crippen molar-refractivity contribution in [3.05, 3.63) is 35.6 Å². The standard InChI is InChI=1S/C12H15FN2O.ClH/c13-11-4-2-10(3-5-11)12(16)15-8-1-6-14-7-9-15;/h2-5,14H,1,6-9H2;1H. The molecular formula is C12H16ClFN2O. The maximum absolute atomic E-state index is 12.7. The highest BCUT2D eigenvalue weighted by molar-refractivity contribution is 5.94. The zero-order valence-corrected chi connectivity index (χ0v) is 10.3. The number of benzene rings is 1. The lowest BCUT2D eigenvalue weighted by Crippen LogP contribution is -2.34. The summed E-state index contributed by atoms with van der Waals surface area (Å²) in [6.07, 6.45) is 0.965. The highest BCUT2D eigenvalue weighted by atomic mass is 35.5. The summed E-state index contributed by atoms with van der Waals surface area (Å²) >= 11 is 0. The van der Waals surface area contributed by atoms with Gasteiger partial charge >= 0.3 is 0 Å². The van der Waals surface area contributed by atoms with Crippen molar-refractivity contribution < 1.29 is 9.18 Å². The third kappa shape index (κ3) is 3.68. The zero-order valence-electron chi connectivity index (χ0n) is 9.49. The Balaban J connectivity index is 0.00000144. The third-order valence-electron chi connectivity index (χ3n) is 2.72. The fraction of sp³-hybridized carbons (Fsp3) is 0.417. The molecule has 0 unspecified atom stereocenters. The first-order valence-electron chi connectivity index (χ1n) is 5.53. The van der Waals surface area contributed by atoms with E-state index in [1.54, 1.807) is 0 Å². The predicted molar refractivity (Wildman–Crippen MR) is 67.0 cm³/mol. The van der Waals surface area contributed by atoms with Crippen LogP contribution < -0.4 is 5.32 Å². The Labute approximate surface area is 106 Å². The number of hydrogen-bond donors (Lipinski definition) is 1. The van der Waals surface area contributed by atoms with Crippen molar-refractivity contribution in [3.63, 3.8) is 0 Å². The predicted octanol–water partition coefficient (Wildman–Crippen LogP) is 1.68. The Morgan fingerprint density at radius 3 is 2.59 bits per heavy atom. The van der Waals surface area contributed by atoms with Gasteiger partial charge in [-0.2, -0.15) is 0 Å². The molecule has 17 heavy (non-hydrogen) atoms. The first-order chi connectivity index (χ1) is 7.77. The topological polar surface area (TPSA) is 32.3 Å². The van der Waals surface area contributed by atoms with E-state index in [1.807, 2.05) is 4.90 Å². The molecule has 1 aliphatic rings. The lowest BCUT2D eigenvalue weighted by Gasteiger charge is -2.19. The molecule has 1 aromatic carbocycles. The highest BCUT2D eigenvalue weighted by Gasteiger charge is 2.16. The monoisotopic (exact) mass is 258 g/mol. The number of amides is 1.